The minimum absolute atomic E-state index is 0.159. The normalized spacial score (nSPS) is 14.5. The molecule has 0 atom stereocenters. The fourth-order valence-electron chi connectivity index (χ4n) is 2.32. The zero-order valence-corrected chi connectivity index (χ0v) is 12.2. The number of rotatable bonds is 2. The molecule has 0 unspecified atom stereocenters. The number of halogens is 1. The summed E-state index contributed by atoms with van der Waals surface area (Å²) in [5.74, 6) is -0.123. The molecule has 0 aliphatic carbocycles. The SMILES string of the molecule is Cc1cccc(S(=O)(=O)N2CCOc3ccc(F)cc32)c1. The van der Waals surface area contributed by atoms with E-state index in [9.17, 15) is 12.8 Å². The minimum atomic E-state index is -3.73. The first kappa shape index (κ1) is 13.9. The maximum atomic E-state index is 13.4. The van der Waals surface area contributed by atoms with Gasteiger partial charge in [0.2, 0.25) is 0 Å². The zero-order valence-electron chi connectivity index (χ0n) is 11.4. The van der Waals surface area contributed by atoms with E-state index in [1.54, 1.807) is 12.1 Å². The van der Waals surface area contributed by atoms with Crippen molar-refractivity contribution in [3.8, 4) is 5.75 Å². The average molecular weight is 307 g/mol. The molecule has 0 bridgehead atoms. The number of hydrogen-bond acceptors (Lipinski definition) is 3. The molecule has 21 heavy (non-hydrogen) atoms. The molecule has 0 fully saturated rings. The smallest absolute Gasteiger partial charge is 0.264 e. The van der Waals surface area contributed by atoms with Gasteiger partial charge >= 0.3 is 0 Å². The number of fused-ring (bicyclic) bond motifs is 1. The van der Waals surface area contributed by atoms with Gasteiger partial charge in [0.15, 0.2) is 0 Å². The molecule has 0 saturated carbocycles. The maximum absolute atomic E-state index is 13.4. The molecule has 1 heterocycles. The third-order valence-corrected chi connectivity index (χ3v) is 5.13. The highest BCUT2D eigenvalue weighted by Crippen LogP contribution is 2.35. The monoisotopic (exact) mass is 307 g/mol. The molecule has 0 aromatic heterocycles. The van der Waals surface area contributed by atoms with Crippen molar-refractivity contribution < 1.29 is 17.5 Å². The number of hydrogen-bond donors (Lipinski definition) is 0. The molecule has 0 amide bonds. The van der Waals surface area contributed by atoms with E-state index >= 15 is 0 Å². The van der Waals surface area contributed by atoms with Crippen LogP contribution < -0.4 is 9.04 Å². The summed E-state index contributed by atoms with van der Waals surface area (Å²) in [7, 11) is -3.73. The van der Waals surface area contributed by atoms with Crippen molar-refractivity contribution >= 4 is 15.7 Å². The standard InChI is InChI=1S/C15H14FNO3S/c1-11-3-2-4-13(9-11)21(18,19)17-7-8-20-15-6-5-12(16)10-14(15)17/h2-6,9-10H,7-8H2,1H3. The first-order valence-electron chi connectivity index (χ1n) is 6.50. The van der Waals surface area contributed by atoms with Crippen LogP contribution >= 0.6 is 0 Å². The zero-order chi connectivity index (χ0) is 15.0. The number of ether oxygens (including phenoxy) is 1. The Morgan fingerprint density at radius 3 is 2.76 bits per heavy atom. The number of anilines is 1. The lowest BCUT2D eigenvalue weighted by Gasteiger charge is -2.30. The highest BCUT2D eigenvalue weighted by atomic mass is 32.2. The minimum Gasteiger partial charge on any atom is -0.489 e. The molecule has 2 aromatic rings. The Morgan fingerprint density at radius 1 is 1.19 bits per heavy atom. The van der Waals surface area contributed by atoms with Crippen LogP contribution in [0.2, 0.25) is 0 Å². The van der Waals surface area contributed by atoms with Gasteiger partial charge in [0, 0.05) is 6.07 Å². The maximum Gasteiger partial charge on any atom is 0.264 e. The van der Waals surface area contributed by atoms with E-state index in [1.165, 1.54) is 28.6 Å². The van der Waals surface area contributed by atoms with Crippen LogP contribution in [-0.2, 0) is 10.0 Å². The number of sulfonamides is 1. The number of nitrogens with zero attached hydrogens (tertiary/aromatic N) is 1. The van der Waals surface area contributed by atoms with Gasteiger partial charge in [0.25, 0.3) is 10.0 Å². The van der Waals surface area contributed by atoms with Crippen molar-refractivity contribution in [2.75, 3.05) is 17.5 Å². The molecule has 0 spiro atoms. The van der Waals surface area contributed by atoms with E-state index in [0.717, 1.165) is 5.56 Å². The molecular weight excluding hydrogens is 293 g/mol. The van der Waals surface area contributed by atoms with Crippen molar-refractivity contribution in [2.45, 2.75) is 11.8 Å². The van der Waals surface area contributed by atoms with Crippen LogP contribution in [0.15, 0.2) is 47.4 Å². The molecule has 1 aliphatic rings. The molecule has 4 nitrogen and oxygen atoms in total. The summed E-state index contributed by atoms with van der Waals surface area (Å²) in [4.78, 5) is 0.194. The first-order chi connectivity index (χ1) is 9.98. The van der Waals surface area contributed by atoms with E-state index in [2.05, 4.69) is 0 Å². The van der Waals surface area contributed by atoms with Gasteiger partial charge in [-0.1, -0.05) is 12.1 Å². The fraction of sp³-hybridized carbons (Fsp3) is 0.200. The van der Waals surface area contributed by atoms with Gasteiger partial charge in [0.05, 0.1) is 17.1 Å². The Morgan fingerprint density at radius 2 is 2.00 bits per heavy atom. The molecule has 0 saturated heterocycles. The Balaban J connectivity index is 2.11. The largest absolute Gasteiger partial charge is 0.489 e. The highest BCUT2D eigenvalue weighted by molar-refractivity contribution is 7.92. The van der Waals surface area contributed by atoms with Gasteiger partial charge in [-0.3, -0.25) is 4.31 Å². The van der Waals surface area contributed by atoms with Crippen LogP contribution in [0.1, 0.15) is 5.56 Å². The van der Waals surface area contributed by atoms with Crippen LogP contribution in [0.5, 0.6) is 5.75 Å². The molecule has 0 N–H and O–H groups in total. The van der Waals surface area contributed by atoms with Crippen LogP contribution in [0.4, 0.5) is 10.1 Å². The number of aryl methyl sites for hydroxylation is 1. The van der Waals surface area contributed by atoms with Gasteiger partial charge in [-0.05, 0) is 36.8 Å². The fourth-order valence-corrected chi connectivity index (χ4v) is 3.88. The van der Waals surface area contributed by atoms with E-state index in [1.807, 2.05) is 13.0 Å². The van der Waals surface area contributed by atoms with E-state index in [-0.39, 0.29) is 23.7 Å². The predicted molar refractivity (Wildman–Crippen MR) is 77.6 cm³/mol. The quantitative estimate of drug-likeness (QED) is 0.857. The molecule has 2 aromatic carbocycles. The van der Waals surface area contributed by atoms with Crippen LogP contribution in [-0.4, -0.2) is 21.6 Å². The number of benzene rings is 2. The lowest BCUT2D eigenvalue weighted by molar-refractivity contribution is 0.315. The van der Waals surface area contributed by atoms with E-state index < -0.39 is 15.8 Å². The van der Waals surface area contributed by atoms with Crippen LogP contribution in [0.3, 0.4) is 0 Å². The lowest BCUT2D eigenvalue weighted by Crippen LogP contribution is -2.38. The Hall–Kier alpha value is -2.08. The first-order valence-corrected chi connectivity index (χ1v) is 7.94. The summed E-state index contributed by atoms with van der Waals surface area (Å²) in [5.41, 5.74) is 1.09. The summed E-state index contributed by atoms with van der Waals surface area (Å²) in [6, 6.07) is 10.5. The highest BCUT2D eigenvalue weighted by Gasteiger charge is 2.30. The Bertz CT molecular complexity index is 789. The molecule has 3 rings (SSSR count). The lowest BCUT2D eigenvalue weighted by atomic mass is 10.2. The molecule has 0 radical (unpaired) electrons. The van der Waals surface area contributed by atoms with E-state index in [4.69, 9.17) is 4.74 Å². The summed E-state index contributed by atoms with van der Waals surface area (Å²) < 4.78 is 45.6. The third-order valence-electron chi connectivity index (χ3n) is 3.32. The van der Waals surface area contributed by atoms with Gasteiger partial charge in [-0.15, -0.1) is 0 Å². The van der Waals surface area contributed by atoms with Gasteiger partial charge in [0.1, 0.15) is 18.2 Å². The van der Waals surface area contributed by atoms with Gasteiger partial charge in [-0.25, -0.2) is 12.8 Å². The summed E-state index contributed by atoms with van der Waals surface area (Å²) in [6.45, 7) is 2.22. The van der Waals surface area contributed by atoms with Crippen molar-refractivity contribution in [1.29, 1.82) is 0 Å². The molecule has 1 aliphatic heterocycles. The summed E-state index contributed by atoms with van der Waals surface area (Å²) in [5, 5.41) is 0. The van der Waals surface area contributed by atoms with Crippen LogP contribution in [0, 0.1) is 12.7 Å². The Labute approximate surface area is 122 Å². The van der Waals surface area contributed by atoms with Crippen molar-refractivity contribution in [1.82, 2.24) is 0 Å². The van der Waals surface area contributed by atoms with Crippen molar-refractivity contribution in [3.05, 3.63) is 53.8 Å². The second kappa shape index (κ2) is 5.04. The Kier molecular flexibility index (Phi) is 3.33. The van der Waals surface area contributed by atoms with Gasteiger partial charge < -0.3 is 4.74 Å². The van der Waals surface area contributed by atoms with E-state index in [0.29, 0.717) is 5.75 Å². The second-order valence-corrected chi connectivity index (χ2v) is 6.72. The van der Waals surface area contributed by atoms with Gasteiger partial charge in [-0.2, -0.15) is 0 Å². The second-order valence-electron chi connectivity index (χ2n) is 4.85. The van der Waals surface area contributed by atoms with Crippen LogP contribution in [0.25, 0.3) is 0 Å². The van der Waals surface area contributed by atoms with Crippen molar-refractivity contribution in [2.24, 2.45) is 0 Å². The third kappa shape index (κ3) is 2.47. The summed E-state index contributed by atoms with van der Waals surface area (Å²) in [6.07, 6.45) is 0. The molecular formula is C15H14FNO3S. The molecule has 110 valence electrons. The average Bonchev–Trinajstić information content (AvgIpc) is 2.46. The summed E-state index contributed by atoms with van der Waals surface area (Å²) >= 11 is 0. The topological polar surface area (TPSA) is 46.6 Å². The molecule has 6 heteroatoms. The van der Waals surface area contributed by atoms with Crippen molar-refractivity contribution in [3.63, 3.8) is 0 Å². The predicted octanol–water partition coefficient (Wildman–Crippen LogP) is 2.72.